The number of urea groups is 1. The molecule has 0 saturated carbocycles. The Labute approximate surface area is 123 Å². The highest BCUT2D eigenvalue weighted by Gasteiger charge is 2.29. The molecule has 108 valence electrons. The van der Waals surface area contributed by atoms with Crippen LogP contribution in [0.1, 0.15) is 31.1 Å². The van der Waals surface area contributed by atoms with Crippen LogP contribution in [-0.4, -0.2) is 40.3 Å². The zero-order valence-electron chi connectivity index (χ0n) is 12.1. The molecule has 0 aliphatic carbocycles. The monoisotopic (exact) mass is 292 g/mol. The predicted molar refractivity (Wildman–Crippen MR) is 83.6 cm³/mol. The molecule has 1 aromatic rings. The van der Waals surface area contributed by atoms with Gasteiger partial charge in [-0.2, -0.15) is 11.8 Å². The Morgan fingerprint density at radius 3 is 2.45 bits per heavy atom. The van der Waals surface area contributed by atoms with E-state index in [1.165, 1.54) is 6.92 Å². The quantitative estimate of drug-likeness (QED) is 0.851. The number of carbonyl (C=O) groups is 2. The molecule has 0 bridgehead atoms. The maximum atomic E-state index is 12.2. The molecule has 2 rings (SSSR count). The van der Waals surface area contributed by atoms with Gasteiger partial charge in [0.25, 0.3) is 0 Å². The van der Waals surface area contributed by atoms with Crippen molar-refractivity contribution in [3.8, 4) is 0 Å². The van der Waals surface area contributed by atoms with Gasteiger partial charge in [0.2, 0.25) is 0 Å². The number of amides is 2. The van der Waals surface area contributed by atoms with E-state index >= 15 is 0 Å². The number of hydrogen-bond donors (Lipinski definition) is 1. The van der Waals surface area contributed by atoms with E-state index in [0.717, 1.165) is 24.5 Å². The number of benzene rings is 1. The summed E-state index contributed by atoms with van der Waals surface area (Å²) in [6.07, 6.45) is 0. The van der Waals surface area contributed by atoms with Gasteiger partial charge in [-0.05, 0) is 45.0 Å². The summed E-state index contributed by atoms with van der Waals surface area (Å²) < 4.78 is 0.105. The van der Waals surface area contributed by atoms with Crippen LogP contribution in [-0.2, 0) is 0 Å². The summed E-state index contributed by atoms with van der Waals surface area (Å²) >= 11 is 1.89. The van der Waals surface area contributed by atoms with E-state index in [4.69, 9.17) is 0 Å². The Kier molecular flexibility index (Phi) is 4.38. The maximum Gasteiger partial charge on any atom is 0.321 e. The number of carbonyl (C=O) groups excluding carboxylic acids is 2. The third-order valence-corrected chi connectivity index (χ3v) is 4.55. The zero-order valence-corrected chi connectivity index (χ0v) is 12.9. The summed E-state index contributed by atoms with van der Waals surface area (Å²) in [5.41, 5.74) is 1.37. The molecule has 2 amide bonds. The third-order valence-electron chi connectivity index (χ3n) is 3.26. The van der Waals surface area contributed by atoms with E-state index in [-0.39, 0.29) is 16.6 Å². The lowest BCUT2D eigenvalue weighted by atomic mass is 10.1. The van der Waals surface area contributed by atoms with Crippen LogP contribution in [0, 0.1) is 0 Å². The first-order valence-corrected chi connectivity index (χ1v) is 7.67. The fourth-order valence-corrected chi connectivity index (χ4v) is 3.29. The van der Waals surface area contributed by atoms with Crippen LogP contribution in [0.3, 0.4) is 0 Å². The van der Waals surface area contributed by atoms with Crippen LogP contribution in [0.25, 0.3) is 0 Å². The maximum absolute atomic E-state index is 12.2. The molecule has 0 atom stereocenters. The van der Waals surface area contributed by atoms with Crippen molar-refractivity contribution in [1.29, 1.82) is 0 Å². The molecule has 4 nitrogen and oxygen atoms in total. The molecule has 1 aliphatic heterocycles. The van der Waals surface area contributed by atoms with Crippen LogP contribution < -0.4 is 5.32 Å². The molecule has 5 heteroatoms. The lowest BCUT2D eigenvalue weighted by molar-refractivity contribution is 0.101. The normalized spacial score (nSPS) is 17.6. The Balaban J connectivity index is 1.99. The first-order valence-electron chi connectivity index (χ1n) is 6.68. The minimum absolute atomic E-state index is 0.0256. The highest BCUT2D eigenvalue weighted by atomic mass is 32.2. The van der Waals surface area contributed by atoms with E-state index in [9.17, 15) is 9.59 Å². The van der Waals surface area contributed by atoms with Crippen molar-refractivity contribution in [1.82, 2.24) is 4.90 Å². The lowest BCUT2D eigenvalue weighted by Gasteiger charge is -2.37. The topological polar surface area (TPSA) is 49.4 Å². The third kappa shape index (κ3) is 3.76. The number of nitrogens with zero attached hydrogens (tertiary/aromatic N) is 1. The average molecular weight is 292 g/mol. The van der Waals surface area contributed by atoms with Gasteiger partial charge in [0.1, 0.15) is 0 Å². The number of Topliss-reactive ketones (excluding diaryl/α,β-unsaturated/α-hetero) is 1. The van der Waals surface area contributed by atoms with E-state index in [2.05, 4.69) is 19.2 Å². The second-order valence-corrected chi connectivity index (χ2v) is 7.40. The van der Waals surface area contributed by atoms with Gasteiger partial charge in [-0.25, -0.2) is 4.79 Å². The molecule has 1 saturated heterocycles. The van der Waals surface area contributed by atoms with E-state index in [1.807, 2.05) is 16.7 Å². The number of thioether (sulfide) groups is 1. The van der Waals surface area contributed by atoms with Crippen molar-refractivity contribution in [3.05, 3.63) is 29.8 Å². The molecule has 0 unspecified atom stereocenters. The summed E-state index contributed by atoms with van der Waals surface area (Å²) in [6.45, 7) is 7.35. The lowest BCUT2D eigenvalue weighted by Crippen LogP contribution is -2.47. The summed E-state index contributed by atoms with van der Waals surface area (Å²) in [7, 11) is 0. The van der Waals surface area contributed by atoms with Crippen molar-refractivity contribution >= 4 is 29.3 Å². The fourth-order valence-electron chi connectivity index (χ4n) is 2.18. The van der Waals surface area contributed by atoms with Crippen LogP contribution >= 0.6 is 11.8 Å². The minimum Gasteiger partial charge on any atom is -0.322 e. The van der Waals surface area contributed by atoms with Crippen LogP contribution in [0.4, 0.5) is 10.5 Å². The minimum atomic E-state index is -0.0750. The second kappa shape index (κ2) is 5.87. The smallest absolute Gasteiger partial charge is 0.321 e. The van der Waals surface area contributed by atoms with E-state index in [0.29, 0.717) is 5.56 Å². The van der Waals surface area contributed by atoms with Gasteiger partial charge < -0.3 is 10.2 Å². The molecule has 0 radical (unpaired) electrons. The van der Waals surface area contributed by atoms with Crippen molar-refractivity contribution in [2.24, 2.45) is 0 Å². The molecular formula is C15H20N2O2S. The summed E-state index contributed by atoms with van der Waals surface area (Å²) in [5, 5.41) is 2.88. The van der Waals surface area contributed by atoms with Crippen LogP contribution in [0.2, 0.25) is 0 Å². The molecule has 1 N–H and O–H groups in total. The summed E-state index contributed by atoms with van der Waals surface area (Å²) in [5.74, 6) is 0.988. The largest absolute Gasteiger partial charge is 0.322 e. The molecule has 1 aliphatic rings. The molecule has 0 spiro atoms. The zero-order chi connectivity index (χ0) is 14.8. The number of hydrogen-bond acceptors (Lipinski definition) is 3. The molecule has 1 heterocycles. The van der Waals surface area contributed by atoms with Gasteiger partial charge in [0, 0.05) is 34.8 Å². The van der Waals surface area contributed by atoms with E-state index in [1.54, 1.807) is 24.3 Å². The standard InChI is InChI=1S/C15H20N2O2S/c1-11(18)12-4-6-13(7-5-12)16-14(19)17-8-9-20-15(2,3)10-17/h4-7H,8-10H2,1-3H3,(H,16,19). The predicted octanol–water partition coefficient (Wildman–Crippen LogP) is 3.25. The van der Waals surface area contributed by atoms with Gasteiger partial charge >= 0.3 is 6.03 Å². The van der Waals surface area contributed by atoms with Crippen LogP contribution in [0.15, 0.2) is 24.3 Å². The van der Waals surface area contributed by atoms with Crippen molar-refractivity contribution in [2.75, 3.05) is 24.2 Å². The number of anilines is 1. The van der Waals surface area contributed by atoms with Gasteiger partial charge in [-0.15, -0.1) is 0 Å². The second-order valence-electron chi connectivity index (χ2n) is 5.59. The Bertz CT molecular complexity index is 511. The molecule has 0 aromatic heterocycles. The number of rotatable bonds is 2. The average Bonchev–Trinajstić information content (AvgIpc) is 2.38. The molecular weight excluding hydrogens is 272 g/mol. The number of ketones is 1. The molecule has 1 fully saturated rings. The Morgan fingerprint density at radius 2 is 1.90 bits per heavy atom. The highest BCUT2D eigenvalue weighted by Crippen LogP contribution is 2.29. The fraction of sp³-hybridized carbons (Fsp3) is 0.467. The molecule has 1 aromatic carbocycles. The first kappa shape index (κ1) is 14.9. The Hall–Kier alpha value is -1.49. The van der Waals surface area contributed by atoms with Gasteiger partial charge in [-0.1, -0.05) is 0 Å². The Morgan fingerprint density at radius 1 is 1.25 bits per heavy atom. The van der Waals surface area contributed by atoms with Gasteiger partial charge in [-0.3, -0.25) is 4.79 Å². The number of nitrogens with one attached hydrogen (secondary N) is 1. The first-order chi connectivity index (χ1) is 9.37. The van der Waals surface area contributed by atoms with Gasteiger partial charge in [0.05, 0.1) is 0 Å². The summed E-state index contributed by atoms with van der Waals surface area (Å²) in [4.78, 5) is 25.3. The van der Waals surface area contributed by atoms with Crippen molar-refractivity contribution in [2.45, 2.75) is 25.5 Å². The van der Waals surface area contributed by atoms with Crippen molar-refractivity contribution in [3.63, 3.8) is 0 Å². The SMILES string of the molecule is CC(=O)c1ccc(NC(=O)N2CCSC(C)(C)C2)cc1. The summed E-state index contributed by atoms with van der Waals surface area (Å²) in [6, 6.07) is 6.91. The van der Waals surface area contributed by atoms with Crippen LogP contribution in [0.5, 0.6) is 0 Å². The van der Waals surface area contributed by atoms with Gasteiger partial charge in [0.15, 0.2) is 5.78 Å². The molecule has 20 heavy (non-hydrogen) atoms. The van der Waals surface area contributed by atoms with E-state index < -0.39 is 0 Å². The highest BCUT2D eigenvalue weighted by molar-refractivity contribution is 8.00. The van der Waals surface area contributed by atoms with Crippen molar-refractivity contribution < 1.29 is 9.59 Å².